The summed E-state index contributed by atoms with van der Waals surface area (Å²) in [5, 5.41) is 10.1. The van der Waals surface area contributed by atoms with E-state index < -0.39 is 0 Å². The van der Waals surface area contributed by atoms with Gasteiger partial charge in [-0.1, -0.05) is 140 Å². The first-order valence-electron chi connectivity index (χ1n) is 16.6. The maximum Gasteiger partial charge on any atom is 0.0547 e. The van der Waals surface area contributed by atoms with Crippen molar-refractivity contribution in [2.45, 2.75) is 6.92 Å². The fourth-order valence-corrected chi connectivity index (χ4v) is 7.21. The Morgan fingerprint density at radius 3 is 2.02 bits per heavy atom. The lowest BCUT2D eigenvalue weighted by molar-refractivity contribution is 1.19. The summed E-state index contributed by atoms with van der Waals surface area (Å²) in [5.41, 5.74) is 9.81. The van der Waals surface area contributed by atoms with Crippen LogP contribution in [0.15, 0.2) is 170 Å². The molecular formula is C47H33N. The number of benzene rings is 8. The molecule has 0 saturated heterocycles. The maximum absolute atomic E-state index is 2.42. The van der Waals surface area contributed by atoms with E-state index >= 15 is 0 Å². The van der Waals surface area contributed by atoms with Gasteiger partial charge in [0.25, 0.3) is 0 Å². The molecule has 0 amide bonds. The first-order chi connectivity index (χ1) is 23.7. The summed E-state index contributed by atoms with van der Waals surface area (Å²) in [7, 11) is 0. The first kappa shape index (κ1) is 28.1. The highest BCUT2D eigenvalue weighted by atomic mass is 15.0. The van der Waals surface area contributed by atoms with E-state index in [1.165, 1.54) is 87.6 Å². The monoisotopic (exact) mass is 611 g/mol. The Bertz CT molecular complexity index is 2740. The molecule has 1 heteroatoms. The molecule has 1 aromatic heterocycles. The number of aromatic nitrogens is 1. The van der Waals surface area contributed by atoms with E-state index in [0.717, 1.165) is 0 Å². The molecule has 0 fully saturated rings. The molecule has 0 bridgehead atoms. The second kappa shape index (κ2) is 11.6. The van der Waals surface area contributed by atoms with Gasteiger partial charge in [0.15, 0.2) is 0 Å². The van der Waals surface area contributed by atoms with Crippen LogP contribution in [0.1, 0.15) is 16.7 Å². The van der Waals surface area contributed by atoms with Gasteiger partial charge in [-0.05, 0) is 110 Å². The largest absolute Gasteiger partial charge is 0.309 e. The van der Waals surface area contributed by atoms with Crippen LogP contribution in [0.25, 0.3) is 83.1 Å². The lowest BCUT2D eigenvalue weighted by atomic mass is 9.96. The van der Waals surface area contributed by atoms with Crippen LogP contribution in [-0.4, -0.2) is 4.57 Å². The molecule has 8 aromatic carbocycles. The van der Waals surface area contributed by atoms with Crippen LogP contribution in [0.4, 0.5) is 0 Å². The van der Waals surface area contributed by atoms with E-state index in [1.807, 2.05) is 0 Å². The fraction of sp³-hybridized carbons (Fsp3) is 0.0213. The highest BCUT2D eigenvalue weighted by Crippen LogP contribution is 2.39. The number of para-hydroxylation sites is 1. The molecule has 0 spiro atoms. The Labute approximate surface area is 280 Å². The van der Waals surface area contributed by atoms with Crippen LogP contribution in [0.3, 0.4) is 0 Å². The van der Waals surface area contributed by atoms with Crippen molar-refractivity contribution in [3.05, 3.63) is 187 Å². The van der Waals surface area contributed by atoms with Crippen molar-refractivity contribution in [3.63, 3.8) is 0 Å². The van der Waals surface area contributed by atoms with Crippen molar-refractivity contribution in [3.8, 4) is 16.8 Å². The summed E-state index contributed by atoms with van der Waals surface area (Å²) in [5.74, 6) is 0. The zero-order valence-corrected chi connectivity index (χ0v) is 26.8. The van der Waals surface area contributed by atoms with Crippen molar-refractivity contribution in [2.24, 2.45) is 0 Å². The fourth-order valence-electron chi connectivity index (χ4n) is 7.21. The Hall–Kier alpha value is -6.18. The molecule has 0 aliphatic heterocycles. The zero-order valence-electron chi connectivity index (χ0n) is 26.8. The van der Waals surface area contributed by atoms with E-state index in [9.17, 15) is 0 Å². The molecular weight excluding hydrogens is 579 g/mol. The Morgan fingerprint density at radius 2 is 1.10 bits per heavy atom. The van der Waals surface area contributed by atoms with Gasteiger partial charge >= 0.3 is 0 Å². The maximum atomic E-state index is 2.42. The second-order valence-corrected chi connectivity index (χ2v) is 12.7. The molecule has 0 aliphatic rings. The number of nitrogens with zero attached hydrogens (tertiary/aromatic N) is 1. The number of hydrogen-bond acceptors (Lipinski definition) is 0. The van der Waals surface area contributed by atoms with Crippen LogP contribution in [-0.2, 0) is 0 Å². The van der Waals surface area contributed by atoms with E-state index in [1.54, 1.807) is 0 Å². The minimum atomic E-state index is 1.18. The summed E-state index contributed by atoms with van der Waals surface area (Å²) in [6.45, 7) is 2.14. The average Bonchev–Trinajstić information content (AvgIpc) is 3.48. The number of allylic oxidation sites excluding steroid dienone is 2. The Morgan fingerprint density at radius 1 is 0.438 bits per heavy atom. The quantitative estimate of drug-likeness (QED) is 0.171. The minimum Gasteiger partial charge on any atom is -0.309 e. The lowest BCUT2D eigenvalue weighted by Gasteiger charge is -2.10. The lowest BCUT2D eigenvalue weighted by Crippen LogP contribution is -1.93. The smallest absolute Gasteiger partial charge is 0.0547 e. The number of aryl methyl sites for hydroxylation is 1. The molecule has 9 rings (SSSR count). The molecule has 0 unspecified atom stereocenters. The van der Waals surface area contributed by atoms with Crippen molar-refractivity contribution in [1.82, 2.24) is 4.57 Å². The third-order valence-corrected chi connectivity index (χ3v) is 9.71. The second-order valence-electron chi connectivity index (χ2n) is 12.7. The van der Waals surface area contributed by atoms with Crippen LogP contribution >= 0.6 is 0 Å². The summed E-state index contributed by atoms with van der Waals surface area (Å²) < 4.78 is 2.42. The third kappa shape index (κ3) is 4.89. The number of rotatable bonds is 5. The van der Waals surface area contributed by atoms with Gasteiger partial charge in [-0.3, -0.25) is 0 Å². The normalized spacial score (nSPS) is 12.1. The molecule has 1 nitrogen and oxygen atoms in total. The molecule has 0 radical (unpaired) electrons. The Balaban J connectivity index is 1.10. The van der Waals surface area contributed by atoms with Gasteiger partial charge in [-0.2, -0.15) is 0 Å². The van der Waals surface area contributed by atoms with Crippen molar-refractivity contribution in [1.29, 1.82) is 0 Å². The number of hydrogen-bond donors (Lipinski definition) is 0. The van der Waals surface area contributed by atoms with Crippen LogP contribution in [0.2, 0.25) is 0 Å². The SMILES string of the molecule is Cc1ccccc1/C=C\C=C\c1ccc2cc(-c3ccc4ccc5c(c4c3)c3ccccc3n5-c3ccc4ccccc4c3)ccc2c1. The third-order valence-electron chi connectivity index (χ3n) is 9.71. The predicted octanol–water partition coefficient (Wildman–Crippen LogP) is 12.9. The molecule has 9 aromatic rings. The Kier molecular flexibility index (Phi) is 6.76. The van der Waals surface area contributed by atoms with Crippen molar-refractivity contribution < 1.29 is 0 Å². The summed E-state index contributed by atoms with van der Waals surface area (Å²) >= 11 is 0. The van der Waals surface area contributed by atoms with Gasteiger partial charge in [0.05, 0.1) is 11.0 Å². The van der Waals surface area contributed by atoms with Gasteiger partial charge in [-0.15, -0.1) is 0 Å². The van der Waals surface area contributed by atoms with E-state index in [4.69, 9.17) is 0 Å². The van der Waals surface area contributed by atoms with Gasteiger partial charge < -0.3 is 4.57 Å². The molecule has 0 N–H and O–H groups in total. The summed E-state index contributed by atoms with van der Waals surface area (Å²) in [4.78, 5) is 0. The average molecular weight is 612 g/mol. The molecule has 0 aliphatic carbocycles. The van der Waals surface area contributed by atoms with Gasteiger partial charge in [-0.25, -0.2) is 0 Å². The van der Waals surface area contributed by atoms with Crippen molar-refractivity contribution >= 4 is 66.3 Å². The van der Waals surface area contributed by atoms with Crippen LogP contribution < -0.4 is 0 Å². The predicted molar refractivity (Wildman–Crippen MR) is 208 cm³/mol. The van der Waals surface area contributed by atoms with Gasteiger partial charge in [0.2, 0.25) is 0 Å². The topological polar surface area (TPSA) is 4.93 Å². The van der Waals surface area contributed by atoms with E-state index in [2.05, 4.69) is 194 Å². The molecule has 0 atom stereocenters. The first-order valence-corrected chi connectivity index (χ1v) is 16.6. The molecule has 1 heterocycles. The van der Waals surface area contributed by atoms with E-state index in [-0.39, 0.29) is 0 Å². The highest BCUT2D eigenvalue weighted by Gasteiger charge is 2.15. The van der Waals surface area contributed by atoms with Crippen LogP contribution in [0, 0.1) is 6.92 Å². The number of fused-ring (bicyclic) bond motifs is 7. The van der Waals surface area contributed by atoms with Crippen LogP contribution in [0.5, 0.6) is 0 Å². The molecule has 226 valence electrons. The standard InChI is InChI=1S/C47H33N/c1-32-10-2-4-12-34(32)13-5-3-11-33-18-19-39-29-40(23-22-38(39)28-33)41-21-20-36-25-27-46-47(44(36)31-41)43-16-8-9-17-45(43)48(46)42-26-24-35-14-6-7-15-37(35)30-42/h2-31H,1H3/b11-3+,13-5-. The summed E-state index contributed by atoms with van der Waals surface area (Å²) in [6, 6.07) is 57.6. The van der Waals surface area contributed by atoms with Gasteiger partial charge in [0, 0.05) is 16.5 Å². The van der Waals surface area contributed by atoms with E-state index in [0.29, 0.717) is 0 Å². The zero-order chi connectivity index (χ0) is 32.0. The minimum absolute atomic E-state index is 1.18. The highest BCUT2D eigenvalue weighted by molar-refractivity contribution is 6.22. The summed E-state index contributed by atoms with van der Waals surface area (Å²) in [6.07, 6.45) is 8.57. The molecule has 48 heavy (non-hydrogen) atoms. The van der Waals surface area contributed by atoms with Gasteiger partial charge in [0.1, 0.15) is 0 Å². The van der Waals surface area contributed by atoms with Crippen molar-refractivity contribution in [2.75, 3.05) is 0 Å². The molecule has 0 saturated carbocycles.